The highest BCUT2D eigenvalue weighted by molar-refractivity contribution is 6.61. The van der Waals surface area contributed by atoms with Crippen molar-refractivity contribution in [3.63, 3.8) is 0 Å². The smallest absolute Gasteiger partial charge is 0.174 e. The fourth-order valence-corrected chi connectivity index (χ4v) is 6.43. The lowest BCUT2D eigenvalue weighted by molar-refractivity contribution is 0.164. The highest BCUT2D eigenvalue weighted by atomic mass is 28.3. The molecule has 0 amide bonds. The van der Waals surface area contributed by atoms with Crippen LogP contribution in [0.3, 0.4) is 0 Å². The van der Waals surface area contributed by atoms with Crippen LogP contribution < -0.4 is 0 Å². The monoisotopic (exact) mass is 232 g/mol. The molecule has 3 heteroatoms. The van der Waals surface area contributed by atoms with Crippen LogP contribution in [-0.4, -0.2) is 23.1 Å². The number of hydrogen-bond acceptors (Lipinski definition) is 1. The van der Waals surface area contributed by atoms with Gasteiger partial charge in [-0.2, -0.15) is 0 Å². The standard InChI is InChI=1S/C11H28OSi2/c1-7-9-10-14(6)12-11(3,8-2)13(4)5/h13-14H,7-10H2,1-6H3. The van der Waals surface area contributed by atoms with Crippen LogP contribution in [0.25, 0.3) is 0 Å². The van der Waals surface area contributed by atoms with Gasteiger partial charge in [0.25, 0.3) is 0 Å². The molecule has 0 aromatic carbocycles. The van der Waals surface area contributed by atoms with E-state index in [1.807, 2.05) is 0 Å². The SMILES string of the molecule is CCCC[SiH](C)OC(C)(CC)[SiH](C)C. The van der Waals surface area contributed by atoms with Crippen LogP contribution in [0.15, 0.2) is 0 Å². The topological polar surface area (TPSA) is 9.23 Å². The van der Waals surface area contributed by atoms with Crippen molar-refractivity contribution in [1.29, 1.82) is 0 Å². The lowest BCUT2D eigenvalue weighted by Crippen LogP contribution is -2.44. The molecule has 0 heterocycles. The van der Waals surface area contributed by atoms with Crippen molar-refractivity contribution in [3.8, 4) is 0 Å². The molecule has 1 nitrogen and oxygen atoms in total. The molecule has 0 aliphatic carbocycles. The highest BCUT2D eigenvalue weighted by Gasteiger charge is 2.29. The van der Waals surface area contributed by atoms with Gasteiger partial charge >= 0.3 is 0 Å². The van der Waals surface area contributed by atoms with E-state index in [0.717, 1.165) is 0 Å². The van der Waals surface area contributed by atoms with Crippen molar-refractivity contribution in [2.24, 2.45) is 0 Å². The van der Waals surface area contributed by atoms with Crippen molar-refractivity contribution in [1.82, 2.24) is 0 Å². The fourth-order valence-electron chi connectivity index (χ4n) is 1.64. The Hall–Kier alpha value is 0.394. The molecule has 0 bridgehead atoms. The Morgan fingerprint density at radius 3 is 2.07 bits per heavy atom. The predicted molar refractivity (Wildman–Crippen MR) is 71.4 cm³/mol. The predicted octanol–water partition coefficient (Wildman–Crippen LogP) is 3.35. The van der Waals surface area contributed by atoms with E-state index in [1.165, 1.54) is 25.3 Å². The Kier molecular flexibility index (Phi) is 6.99. The van der Waals surface area contributed by atoms with Gasteiger partial charge < -0.3 is 4.43 Å². The van der Waals surface area contributed by atoms with Gasteiger partial charge in [-0.05, 0) is 25.9 Å². The molecule has 0 aromatic heterocycles. The minimum absolute atomic E-state index is 0.263. The quantitative estimate of drug-likeness (QED) is 0.612. The van der Waals surface area contributed by atoms with Gasteiger partial charge in [-0.25, -0.2) is 0 Å². The molecule has 0 N–H and O–H groups in total. The van der Waals surface area contributed by atoms with Crippen LogP contribution in [0.1, 0.15) is 40.0 Å². The van der Waals surface area contributed by atoms with E-state index >= 15 is 0 Å². The van der Waals surface area contributed by atoms with Gasteiger partial charge in [0.1, 0.15) is 0 Å². The van der Waals surface area contributed by atoms with Crippen LogP contribution in [-0.2, 0) is 4.43 Å². The van der Waals surface area contributed by atoms with Crippen molar-refractivity contribution in [3.05, 3.63) is 0 Å². The first kappa shape index (κ1) is 14.4. The third-order valence-electron chi connectivity index (χ3n) is 3.36. The van der Waals surface area contributed by atoms with E-state index in [4.69, 9.17) is 4.43 Å². The molecular weight excluding hydrogens is 204 g/mol. The maximum atomic E-state index is 6.35. The lowest BCUT2D eigenvalue weighted by Gasteiger charge is -2.35. The van der Waals surface area contributed by atoms with E-state index in [1.54, 1.807) is 0 Å². The summed E-state index contributed by atoms with van der Waals surface area (Å²) in [7, 11) is -1.56. The Morgan fingerprint density at radius 2 is 1.71 bits per heavy atom. The zero-order chi connectivity index (χ0) is 11.2. The molecular formula is C11H28OSi2. The minimum atomic E-state index is -0.884. The first-order valence-corrected chi connectivity index (χ1v) is 11.5. The first-order valence-electron chi connectivity index (χ1n) is 6.14. The fraction of sp³-hybridized carbons (Fsp3) is 1.00. The minimum Gasteiger partial charge on any atom is -0.418 e. The highest BCUT2D eigenvalue weighted by Crippen LogP contribution is 2.21. The summed E-state index contributed by atoms with van der Waals surface area (Å²) in [6, 6.07) is 1.35. The Bertz CT molecular complexity index is 150. The van der Waals surface area contributed by atoms with E-state index < -0.39 is 17.8 Å². The molecule has 2 unspecified atom stereocenters. The molecule has 2 atom stereocenters. The number of unbranched alkanes of at least 4 members (excludes halogenated alkanes) is 1. The molecule has 14 heavy (non-hydrogen) atoms. The third-order valence-corrected chi connectivity index (χ3v) is 8.78. The van der Waals surface area contributed by atoms with E-state index in [0.29, 0.717) is 0 Å². The van der Waals surface area contributed by atoms with Crippen LogP contribution in [0.2, 0.25) is 25.7 Å². The maximum Gasteiger partial charge on any atom is 0.174 e. The van der Waals surface area contributed by atoms with Crippen LogP contribution in [0.4, 0.5) is 0 Å². The largest absolute Gasteiger partial charge is 0.418 e. The van der Waals surface area contributed by atoms with E-state index in [9.17, 15) is 0 Å². The summed E-state index contributed by atoms with van der Waals surface area (Å²) in [5.41, 5.74) is 0. The first-order chi connectivity index (χ1) is 6.46. The zero-order valence-electron chi connectivity index (χ0n) is 10.9. The van der Waals surface area contributed by atoms with Crippen molar-refractivity contribution >= 4 is 17.8 Å². The van der Waals surface area contributed by atoms with Gasteiger partial charge in [-0.3, -0.25) is 0 Å². The van der Waals surface area contributed by atoms with Gasteiger partial charge in [0.15, 0.2) is 9.04 Å². The molecule has 0 fully saturated rings. The van der Waals surface area contributed by atoms with Gasteiger partial charge in [0.2, 0.25) is 0 Å². The molecule has 0 saturated heterocycles. The Labute approximate surface area is 93.6 Å². The number of hydrogen-bond donors (Lipinski definition) is 0. The maximum absolute atomic E-state index is 6.35. The van der Waals surface area contributed by atoms with Crippen molar-refractivity contribution in [2.45, 2.75) is 70.9 Å². The summed E-state index contributed by atoms with van der Waals surface area (Å²) in [5, 5.41) is 0.263. The third kappa shape index (κ3) is 4.76. The second-order valence-corrected chi connectivity index (χ2v) is 10.9. The molecule has 0 spiro atoms. The molecule has 0 radical (unpaired) electrons. The van der Waals surface area contributed by atoms with Gasteiger partial charge in [-0.15, -0.1) is 0 Å². The summed E-state index contributed by atoms with van der Waals surface area (Å²) < 4.78 is 6.35. The number of rotatable bonds is 7. The molecule has 0 aromatic rings. The van der Waals surface area contributed by atoms with E-state index in [-0.39, 0.29) is 5.22 Å². The van der Waals surface area contributed by atoms with Crippen molar-refractivity contribution < 1.29 is 4.43 Å². The van der Waals surface area contributed by atoms with Gasteiger partial charge in [-0.1, -0.05) is 39.8 Å². The van der Waals surface area contributed by atoms with E-state index in [2.05, 4.69) is 40.4 Å². The Morgan fingerprint density at radius 1 is 1.14 bits per heavy atom. The molecule has 0 rings (SSSR count). The summed E-state index contributed by atoms with van der Waals surface area (Å²) >= 11 is 0. The molecule has 86 valence electrons. The average molecular weight is 233 g/mol. The summed E-state index contributed by atoms with van der Waals surface area (Å²) in [6.07, 6.45) is 3.86. The van der Waals surface area contributed by atoms with Gasteiger partial charge in [0, 0.05) is 5.22 Å². The van der Waals surface area contributed by atoms with Crippen molar-refractivity contribution in [2.75, 3.05) is 0 Å². The molecule has 0 saturated carbocycles. The van der Waals surface area contributed by atoms with Crippen LogP contribution in [0, 0.1) is 0 Å². The second-order valence-electron chi connectivity index (χ2n) is 4.89. The Balaban J connectivity index is 4.03. The summed E-state index contributed by atoms with van der Waals surface area (Å²) in [6.45, 7) is 14.0. The second kappa shape index (κ2) is 6.80. The molecule has 0 aliphatic rings. The average Bonchev–Trinajstić information content (AvgIpc) is 2.14. The molecule has 0 aliphatic heterocycles. The normalized spacial score (nSPS) is 18.2. The summed E-state index contributed by atoms with van der Waals surface area (Å²) in [5.74, 6) is 0. The lowest BCUT2D eigenvalue weighted by atomic mass is 10.3. The van der Waals surface area contributed by atoms with Gasteiger partial charge in [0.05, 0.1) is 8.80 Å². The zero-order valence-corrected chi connectivity index (χ0v) is 13.2. The summed E-state index contributed by atoms with van der Waals surface area (Å²) in [4.78, 5) is 0. The van der Waals surface area contributed by atoms with Crippen LogP contribution >= 0.6 is 0 Å². The van der Waals surface area contributed by atoms with Crippen LogP contribution in [0.5, 0.6) is 0 Å².